The summed E-state index contributed by atoms with van der Waals surface area (Å²) in [4.78, 5) is 70.1. The molecule has 1 unspecified atom stereocenters. The maximum Gasteiger partial charge on any atom is 0.315 e. The van der Waals surface area contributed by atoms with Crippen LogP contribution in [0.1, 0.15) is 57.7 Å². The maximum absolute atomic E-state index is 14.6. The second-order valence-electron chi connectivity index (χ2n) is 10.8. The predicted octanol–water partition coefficient (Wildman–Crippen LogP) is 5.98. The van der Waals surface area contributed by atoms with Crippen LogP contribution in [0.15, 0.2) is 78.4 Å². The van der Waals surface area contributed by atoms with Crippen molar-refractivity contribution >= 4 is 46.6 Å². The van der Waals surface area contributed by atoms with Gasteiger partial charge in [-0.3, -0.25) is 24.0 Å². The largest absolute Gasteiger partial charge is 0.465 e. The fourth-order valence-corrected chi connectivity index (χ4v) is 6.36. The van der Waals surface area contributed by atoms with Crippen LogP contribution in [-0.2, 0) is 24.5 Å². The van der Waals surface area contributed by atoms with E-state index in [-0.39, 0.29) is 35.1 Å². The number of fused-ring (bicyclic) bond motifs is 2. The smallest absolute Gasteiger partial charge is 0.315 e. The number of imide groups is 1. The van der Waals surface area contributed by atoms with Crippen LogP contribution in [0.5, 0.6) is 0 Å². The molecule has 1 aliphatic heterocycles. The standard InChI is InChI=1S/C34H30ClNO6/c1-5-42-32(40)30-26(31(39)23-12-8-20(3)9-13-23)16-24(17-29(38)22-10-6-19(2)7-11-22)34(30)27-18-25(35)14-15-28(27)36(21(4)37)33(34)41/h6-16,18,24,30H,5,17H2,1-4H3/t24-,30?,34-/m0/s1. The lowest BCUT2D eigenvalue weighted by Gasteiger charge is -2.35. The molecule has 0 bridgehead atoms. The van der Waals surface area contributed by atoms with Crippen molar-refractivity contribution in [2.45, 2.75) is 39.5 Å². The van der Waals surface area contributed by atoms with E-state index in [1.165, 1.54) is 6.92 Å². The third-order valence-electron chi connectivity index (χ3n) is 8.13. The van der Waals surface area contributed by atoms with Crippen molar-refractivity contribution in [3.05, 3.63) is 111 Å². The average molecular weight is 584 g/mol. The van der Waals surface area contributed by atoms with Crippen LogP contribution in [-0.4, -0.2) is 36.0 Å². The molecule has 0 saturated heterocycles. The Morgan fingerprint density at radius 2 is 1.50 bits per heavy atom. The van der Waals surface area contributed by atoms with E-state index in [0.29, 0.717) is 16.7 Å². The number of benzene rings is 3. The molecule has 2 aliphatic rings. The number of allylic oxidation sites excluding steroid dienone is 1. The third-order valence-corrected chi connectivity index (χ3v) is 8.36. The number of ether oxygens (including phenoxy) is 1. The molecule has 0 aromatic heterocycles. The van der Waals surface area contributed by atoms with Gasteiger partial charge in [0.15, 0.2) is 11.6 Å². The van der Waals surface area contributed by atoms with Gasteiger partial charge >= 0.3 is 5.97 Å². The molecule has 1 spiro atoms. The molecular weight excluding hydrogens is 554 g/mol. The van der Waals surface area contributed by atoms with Crippen LogP contribution < -0.4 is 4.90 Å². The van der Waals surface area contributed by atoms with E-state index in [9.17, 15) is 24.0 Å². The Morgan fingerprint density at radius 3 is 2.07 bits per heavy atom. The van der Waals surface area contributed by atoms with Gasteiger partial charge in [0.25, 0.3) is 0 Å². The first-order valence-electron chi connectivity index (χ1n) is 13.7. The zero-order valence-corrected chi connectivity index (χ0v) is 24.5. The number of anilines is 1. The number of aryl methyl sites for hydroxylation is 2. The first-order chi connectivity index (χ1) is 20.0. The first-order valence-corrected chi connectivity index (χ1v) is 14.1. The second-order valence-corrected chi connectivity index (χ2v) is 11.2. The number of carbonyl (C=O) groups excluding carboxylic acids is 5. The van der Waals surface area contributed by atoms with Crippen LogP contribution in [0.3, 0.4) is 0 Å². The number of nitrogens with zero attached hydrogens (tertiary/aromatic N) is 1. The van der Waals surface area contributed by atoms with E-state index in [1.807, 2.05) is 26.0 Å². The van der Waals surface area contributed by atoms with Gasteiger partial charge in [-0.15, -0.1) is 0 Å². The number of carbonyl (C=O) groups is 5. The summed E-state index contributed by atoms with van der Waals surface area (Å²) in [6, 6.07) is 18.5. The van der Waals surface area contributed by atoms with Crippen molar-refractivity contribution < 1.29 is 28.7 Å². The molecule has 1 aliphatic carbocycles. The SMILES string of the molecule is CCOC(=O)C1C(C(=O)c2ccc(C)cc2)=C[C@@H](CC(=O)c2ccc(C)cc2)[C@@]12C(=O)N(C(C)=O)c1ccc(Cl)cc12. The number of hydrogen-bond donors (Lipinski definition) is 0. The topological polar surface area (TPSA) is 97.8 Å². The maximum atomic E-state index is 14.6. The van der Waals surface area contributed by atoms with Crippen LogP contribution in [0, 0.1) is 25.7 Å². The number of rotatable bonds is 7. The van der Waals surface area contributed by atoms with Crippen molar-refractivity contribution in [2.75, 3.05) is 11.5 Å². The number of hydrogen-bond acceptors (Lipinski definition) is 6. The molecule has 42 heavy (non-hydrogen) atoms. The van der Waals surface area contributed by atoms with Gasteiger partial charge in [-0.05, 0) is 44.5 Å². The first kappa shape index (κ1) is 29.1. The molecule has 3 aromatic carbocycles. The molecular formula is C34H30ClNO6. The van der Waals surface area contributed by atoms with Crippen molar-refractivity contribution in [3.63, 3.8) is 0 Å². The highest BCUT2D eigenvalue weighted by atomic mass is 35.5. The van der Waals surface area contributed by atoms with Gasteiger partial charge in [0, 0.05) is 41.0 Å². The lowest BCUT2D eigenvalue weighted by molar-refractivity contribution is -0.152. The normalized spacial score (nSPS) is 20.8. The molecule has 5 rings (SSSR count). The van der Waals surface area contributed by atoms with E-state index >= 15 is 0 Å². The molecule has 3 aromatic rings. The summed E-state index contributed by atoms with van der Waals surface area (Å²) < 4.78 is 5.48. The zero-order valence-electron chi connectivity index (χ0n) is 23.8. The van der Waals surface area contributed by atoms with Crippen molar-refractivity contribution in [1.29, 1.82) is 0 Å². The molecule has 0 fully saturated rings. The minimum atomic E-state index is -1.81. The lowest BCUT2D eigenvalue weighted by Crippen LogP contribution is -2.52. The Balaban J connectivity index is 1.76. The van der Waals surface area contributed by atoms with Gasteiger partial charge in [0.2, 0.25) is 11.8 Å². The Labute approximate surface area is 249 Å². The van der Waals surface area contributed by atoms with E-state index < -0.39 is 40.8 Å². The predicted molar refractivity (Wildman–Crippen MR) is 159 cm³/mol. The fourth-order valence-electron chi connectivity index (χ4n) is 6.19. The van der Waals surface area contributed by atoms with E-state index in [4.69, 9.17) is 16.3 Å². The molecule has 2 amide bonds. The van der Waals surface area contributed by atoms with Gasteiger partial charge in [-0.1, -0.05) is 77.3 Å². The summed E-state index contributed by atoms with van der Waals surface area (Å²) in [5.74, 6) is -5.18. The summed E-state index contributed by atoms with van der Waals surface area (Å²) in [7, 11) is 0. The summed E-state index contributed by atoms with van der Waals surface area (Å²) in [5, 5.41) is 0.274. The quantitative estimate of drug-likeness (QED) is 0.251. The molecule has 0 saturated carbocycles. The fraction of sp³-hybridized carbons (Fsp3) is 0.265. The average Bonchev–Trinajstić information content (AvgIpc) is 3.42. The molecule has 7 nitrogen and oxygen atoms in total. The lowest BCUT2D eigenvalue weighted by atomic mass is 9.64. The number of esters is 1. The van der Waals surface area contributed by atoms with E-state index in [0.717, 1.165) is 16.0 Å². The molecule has 3 atom stereocenters. The minimum absolute atomic E-state index is 0.00258. The van der Waals surface area contributed by atoms with Crippen molar-refractivity contribution in [1.82, 2.24) is 0 Å². The highest BCUT2D eigenvalue weighted by molar-refractivity contribution is 6.32. The van der Waals surface area contributed by atoms with Gasteiger partial charge in [-0.2, -0.15) is 0 Å². The zero-order chi connectivity index (χ0) is 30.3. The van der Waals surface area contributed by atoms with E-state index in [2.05, 4.69) is 0 Å². The number of Topliss-reactive ketones (excluding diaryl/α,β-unsaturated/α-hetero) is 2. The summed E-state index contributed by atoms with van der Waals surface area (Å²) >= 11 is 6.44. The summed E-state index contributed by atoms with van der Waals surface area (Å²) in [5.41, 5.74) is 1.46. The molecule has 1 heterocycles. The molecule has 0 N–H and O–H groups in total. The van der Waals surface area contributed by atoms with Crippen LogP contribution in [0.2, 0.25) is 5.02 Å². The van der Waals surface area contributed by atoms with Crippen molar-refractivity contribution in [3.8, 4) is 0 Å². The minimum Gasteiger partial charge on any atom is -0.465 e. The van der Waals surface area contributed by atoms with Gasteiger partial charge in [0.05, 0.1) is 12.3 Å². The summed E-state index contributed by atoms with van der Waals surface area (Å²) in [6.07, 6.45) is 1.36. The monoisotopic (exact) mass is 583 g/mol. The Kier molecular flexibility index (Phi) is 7.73. The second kappa shape index (κ2) is 11.1. The van der Waals surface area contributed by atoms with Crippen LogP contribution in [0.25, 0.3) is 0 Å². The number of ketones is 2. The Morgan fingerprint density at radius 1 is 0.905 bits per heavy atom. The highest BCUT2D eigenvalue weighted by Gasteiger charge is 2.67. The highest BCUT2D eigenvalue weighted by Crippen LogP contribution is 2.59. The van der Waals surface area contributed by atoms with Crippen LogP contribution in [0.4, 0.5) is 5.69 Å². The van der Waals surface area contributed by atoms with E-state index in [1.54, 1.807) is 67.6 Å². The summed E-state index contributed by atoms with van der Waals surface area (Å²) in [6.45, 7) is 6.68. The number of amides is 2. The third kappa shape index (κ3) is 4.68. The van der Waals surface area contributed by atoms with Gasteiger partial charge < -0.3 is 4.74 Å². The molecule has 0 radical (unpaired) electrons. The Bertz CT molecular complexity index is 1660. The number of halogens is 1. The van der Waals surface area contributed by atoms with Crippen molar-refractivity contribution in [2.24, 2.45) is 11.8 Å². The van der Waals surface area contributed by atoms with Crippen LogP contribution >= 0.6 is 11.6 Å². The van der Waals surface area contributed by atoms with Gasteiger partial charge in [0.1, 0.15) is 11.3 Å². The molecule has 214 valence electrons. The molecule has 8 heteroatoms. The Hall–Kier alpha value is -4.36. The van der Waals surface area contributed by atoms with Gasteiger partial charge in [-0.25, -0.2) is 4.90 Å².